The summed E-state index contributed by atoms with van der Waals surface area (Å²) in [6.07, 6.45) is 4.97. The van der Waals surface area contributed by atoms with Gasteiger partial charge in [0.15, 0.2) is 0 Å². The van der Waals surface area contributed by atoms with Crippen LogP contribution in [0.5, 0.6) is 0 Å². The van der Waals surface area contributed by atoms with E-state index in [0.29, 0.717) is 12.1 Å². The Bertz CT molecular complexity index is 582. The van der Waals surface area contributed by atoms with Gasteiger partial charge >= 0.3 is 0 Å². The summed E-state index contributed by atoms with van der Waals surface area (Å²) in [5.74, 6) is 0. The summed E-state index contributed by atoms with van der Waals surface area (Å²) in [7, 11) is 0. The molecule has 2 unspecified atom stereocenters. The third-order valence-corrected chi connectivity index (χ3v) is 4.48. The summed E-state index contributed by atoms with van der Waals surface area (Å²) >= 11 is 0. The van der Waals surface area contributed by atoms with Crippen molar-refractivity contribution in [2.45, 2.75) is 38.9 Å². The van der Waals surface area contributed by atoms with E-state index in [1.165, 1.54) is 23.2 Å². The SMILES string of the molecule is Cc1cnccc1NC1CCN(Cc2ccccc2)C1C. The van der Waals surface area contributed by atoms with Gasteiger partial charge in [0.05, 0.1) is 0 Å². The number of aromatic nitrogens is 1. The van der Waals surface area contributed by atoms with Crippen LogP contribution in [0.3, 0.4) is 0 Å². The second kappa shape index (κ2) is 6.27. The van der Waals surface area contributed by atoms with E-state index in [2.05, 4.69) is 65.4 Å². The summed E-state index contributed by atoms with van der Waals surface area (Å²) in [6.45, 7) is 6.62. The first-order valence-corrected chi connectivity index (χ1v) is 7.69. The molecule has 1 aliphatic rings. The molecule has 1 N–H and O–H groups in total. The number of likely N-dealkylation sites (tertiary alicyclic amines) is 1. The molecule has 0 spiro atoms. The highest BCUT2D eigenvalue weighted by atomic mass is 15.2. The molecule has 0 aliphatic carbocycles. The van der Waals surface area contributed by atoms with Crippen molar-refractivity contribution in [2.75, 3.05) is 11.9 Å². The van der Waals surface area contributed by atoms with Crippen LogP contribution in [0.25, 0.3) is 0 Å². The van der Waals surface area contributed by atoms with Gasteiger partial charge < -0.3 is 5.32 Å². The number of benzene rings is 1. The minimum Gasteiger partial charge on any atom is -0.380 e. The van der Waals surface area contributed by atoms with Crippen LogP contribution in [-0.4, -0.2) is 28.5 Å². The van der Waals surface area contributed by atoms with Gasteiger partial charge in [-0.1, -0.05) is 30.3 Å². The molecule has 0 bridgehead atoms. The molecule has 110 valence electrons. The predicted molar refractivity (Wildman–Crippen MR) is 87.3 cm³/mol. The van der Waals surface area contributed by atoms with Crippen molar-refractivity contribution in [2.24, 2.45) is 0 Å². The van der Waals surface area contributed by atoms with Gasteiger partial charge in [-0.15, -0.1) is 0 Å². The molecule has 2 atom stereocenters. The van der Waals surface area contributed by atoms with E-state index in [0.717, 1.165) is 13.1 Å². The number of rotatable bonds is 4. The summed E-state index contributed by atoms with van der Waals surface area (Å²) < 4.78 is 0. The number of anilines is 1. The van der Waals surface area contributed by atoms with Crippen LogP contribution >= 0.6 is 0 Å². The highest BCUT2D eigenvalue weighted by molar-refractivity contribution is 5.49. The lowest BCUT2D eigenvalue weighted by Crippen LogP contribution is -2.35. The first kappa shape index (κ1) is 14.1. The standard InChI is InChI=1S/C18H23N3/c1-14-12-19-10-8-17(14)20-18-9-11-21(15(18)2)13-16-6-4-3-5-7-16/h3-8,10,12,15,18H,9,11,13H2,1-2H3,(H,19,20). The second-order valence-corrected chi connectivity index (χ2v) is 5.93. The Morgan fingerprint density at radius 2 is 2.05 bits per heavy atom. The van der Waals surface area contributed by atoms with E-state index in [1.54, 1.807) is 0 Å². The van der Waals surface area contributed by atoms with Gasteiger partial charge in [0.25, 0.3) is 0 Å². The molecule has 1 fully saturated rings. The van der Waals surface area contributed by atoms with Gasteiger partial charge in [0, 0.05) is 43.3 Å². The van der Waals surface area contributed by atoms with Gasteiger partial charge in [0.1, 0.15) is 0 Å². The van der Waals surface area contributed by atoms with E-state index >= 15 is 0 Å². The van der Waals surface area contributed by atoms with E-state index in [1.807, 2.05) is 12.4 Å². The summed E-state index contributed by atoms with van der Waals surface area (Å²) in [5.41, 5.74) is 3.82. The van der Waals surface area contributed by atoms with E-state index in [9.17, 15) is 0 Å². The van der Waals surface area contributed by atoms with Gasteiger partial charge in [-0.2, -0.15) is 0 Å². The number of nitrogens with one attached hydrogen (secondary N) is 1. The summed E-state index contributed by atoms with van der Waals surface area (Å²) in [4.78, 5) is 6.72. The lowest BCUT2D eigenvalue weighted by atomic mass is 10.1. The summed E-state index contributed by atoms with van der Waals surface area (Å²) in [5, 5.41) is 3.69. The fourth-order valence-corrected chi connectivity index (χ4v) is 3.07. The molecular formula is C18H23N3. The van der Waals surface area contributed by atoms with Gasteiger partial charge in [-0.3, -0.25) is 9.88 Å². The Labute approximate surface area is 127 Å². The Balaban J connectivity index is 1.64. The third-order valence-electron chi connectivity index (χ3n) is 4.48. The monoisotopic (exact) mass is 281 g/mol. The second-order valence-electron chi connectivity index (χ2n) is 5.93. The lowest BCUT2D eigenvalue weighted by molar-refractivity contribution is 0.255. The molecule has 0 saturated carbocycles. The van der Waals surface area contributed by atoms with Crippen LogP contribution in [0.4, 0.5) is 5.69 Å². The molecule has 3 nitrogen and oxygen atoms in total. The van der Waals surface area contributed by atoms with Crippen molar-refractivity contribution < 1.29 is 0 Å². The smallest absolute Gasteiger partial charge is 0.0426 e. The third kappa shape index (κ3) is 3.24. The van der Waals surface area contributed by atoms with E-state index in [4.69, 9.17) is 0 Å². The maximum Gasteiger partial charge on any atom is 0.0426 e. The van der Waals surface area contributed by atoms with Gasteiger partial charge in [0.2, 0.25) is 0 Å². The fourth-order valence-electron chi connectivity index (χ4n) is 3.07. The highest BCUT2D eigenvalue weighted by Gasteiger charge is 2.30. The Morgan fingerprint density at radius 1 is 1.24 bits per heavy atom. The largest absolute Gasteiger partial charge is 0.380 e. The van der Waals surface area contributed by atoms with Gasteiger partial charge in [-0.05, 0) is 37.5 Å². The fraction of sp³-hybridized carbons (Fsp3) is 0.389. The normalized spacial score (nSPS) is 22.4. The van der Waals surface area contributed by atoms with Crippen LogP contribution in [0, 0.1) is 6.92 Å². The quantitative estimate of drug-likeness (QED) is 0.930. The number of hydrogen-bond acceptors (Lipinski definition) is 3. The Morgan fingerprint density at radius 3 is 2.81 bits per heavy atom. The summed E-state index contributed by atoms with van der Waals surface area (Å²) in [6, 6.07) is 13.8. The molecular weight excluding hydrogens is 258 g/mol. The van der Waals surface area contributed by atoms with Gasteiger partial charge in [-0.25, -0.2) is 0 Å². The van der Waals surface area contributed by atoms with Crippen molar-refractivity contribution in [3.05, 3.63) is 59.9 Å². The first-order chi connectivity index (χ1) is 10.2. The molecule has 1 aromatic carbocycles. The van der Waals surface area contributed by atoms with Crippen LogP contribution < -0.4 is 5.32 Å². The predicted octanol–water partition coefficient (Wildman–Crippen LogP) is 3.46. The average Bonchev–Trinajstić information content (AvgIpc) is 2.84. The number of hydrogen-bond donors (Lipinski definition) is 1. The van der Waals surface area contributed by atoms with Crippen molar-refractivity contribution in [1.82, 2.24) is 9.88 Å². The molecule has 2 heterocycles. The van der Waals surface area contributed by atoms with Crippen LogP contribution in [-0.2, 0) is 6.54 Å². The lowest BCUT2D eigenvalue weighted by Gasteiger charge is -2.26. The zero-order chi connectivity index (χ0) is 14.7. The zero-order valence-electron chi connectivity index (χ0n) is 12.8. The van der Waals surface area contributed by atoms with Crippen molar-refractivity contribution in [3.63, 3.8) is 0 Å². The molecule has 1 saturated heterocycles. The van der Waals surface area contributed by atoms with Crippen LogP contribution in [0.1, 0.15) is 24.5 Å². The molecule has 21 heavy (non-hydrogen) atoms. The molecule has 1 aliphatic heterocycles. The van der Waals surface area contributed by atoms with Crippen LogP contribution in [0.2, 0.25) is 0 Å². The number of pyridine rings is 1. The maximum absolute atomic E-state index is 4.16. The van der Waals surface area contributed by atoms with E-state index < -0.39 is 0 Å². The van der Waals surface area contributed by atoms with Crippen LogP contribution in [0.15, 0.2) is 48.8 Å². The van der Waals surface area contributed by atoms with Crippen molar-refractivity contribution in [1.29, 1.82) is 0 Å². The molecule has 0 radical (unpaired) electrons. The average molecular weight is 281 g/mol. The minimum absolute atomic E-state index is 0.509. The molecule has 0 amide bonds. The molecule has 2 aromatic rings. The molecule has 3 heteroatoms. The van der Waals surface area contributed by atoms with Crippen molar-refractivity contribution >= 4 is 5.69 Å². The van der Waals surface area contributed by atoms with Crippen molar-refractivity contribution in [3.8, 4) is 0 Å². The Kier molecular flexibility index (Phi) is 4.20. The Hall–Kier alpha value is -1.87. The maximum atomic E-state index is 4.16. The topological polar surface area (TPSA) is 28.2 Å². The minimum atomic E-state index is 0.509. The first-order valence-electron chi connectivity index (χ1n) is 7.69. The zero-order valence-corrected chi connectivity index (χ0v) is 12.8. The van der Waals surface area contributed by atoms with E-state index in [-0.39, 0.29) is 0 Å². The number of nitrogens with zero attached hydrogens (tertiary/aromatic N) is 2. The molecule has 1 aromatic heterocycles. The number of aryl methyl sites for hydroxylation is 1. The highest BCUT2D eigenvalue weighted by Crippen LogP contribution is 2.24. The molecule has 3 rings (SSSR count).